The third kappa shape index (κ3) is 5.88. The number of hydrogen-bond donors (Lipinski definition) is 3. The number of aromatic nitrogens is 3. The lowest BCUT2D eigenvalue weighted by Crippen LogP contribution is -2.38. The van der Waals surface area contributed by atoms with E-state index in [1.807, 2.05) is 77.1 Å². The Bertz CT molecular complexity index is 1330. The number of carbonyl (C=O) groups is 2. The zero-order valence-corrected chi connectivity index (χ0v) is 21.0. The van der Waals surface area contributed by atoms with Gasteiger partial charge in [0.25, 0.3) is 0 Å². The lowest BCUT2D eigenvalue weighted by Gasteiger charge is -2.23. The quantitative estimate of drug-likeness (QED) is 0.352. The van der Waals surface area contributed by atoms with Crippen molar-refractivity contribution in [2.45, 2.75) is 54.0 Å². The summed E-state index contributed by atoms with van der Waals surface area (Å²) in [6, 6.07) is 13.6. The minimum atomic E-state index is -0.625. The van der Waals surface area contributed by atoms with Crippen LogP contribution in [0.25, 0.3) is 22.1 Å². The van der Waals surface area contributed by atoms with E-state index in [-0.39, 0.29) is 11.8 Å². The highest BCUT2D eigenvalue weighted by Crippen LogP contribution is 2.26. The minimum absolute atomic E-state index is 0.00303. The van der Waals surface area contributed by atoms with Gasteiger partial charge in [-0.3, -0.25) is 9.59 Å². The van der Waals surface area contributed by atoms with Crippen molar-refractivity contribution in [1.82, 2.24) is 25.6 Å². The van der Waals surface area contributed by atoms with Gasteiger partial charge in [-0.05, 0) is 36.2 Å². The lowest BCUT2D eigenvalue weighted by atomic mass is 9.84. The average Bonchev–Trinajstić information content (AvgIpc) is 3.39. The zero-order valence-electron chi connectivity index (χ0n) is 21.0. The molecule has 2 heterocycles. The molecule has 3 N–H and O–H groups in total. The molecule has 0 spiro atoms. The molecule has 8 nitrogen and oxygen atoms in total. The number of nitrogens with one attached hydrogen (secondary N) is 3. The van der Waals surface area contributed by atoms with Crippen LogP contribution in [0.4, 0.5) is 0 Å². The van der Waals surface area contributed by atoms with Gasteiger partial charge in [-0.2, -0.15) is 0 Å². The van der Waals surface area contributed by atoms with Gasteiger partial charge in [-0.15, -0.1) is 0 Å². The standard InChI is InChI=1S/C27H33N5O3/c1-26(2,3)24(33)28-13-12-23-32-20-11-10-17(14-21(20)35-23)15-27(4,5)25(34)29-16-22-30-18-8-6-7-9-19(18)31-22/h6-11,14H,12-13,15-16H2,1-5H3,(H,28,33)(H,29,34)(H,30,31). The molecule has 0 saturated heterocycles. The fourth-order valence-corrected chi connectivity index (χ4v) is 3.86. The van der Waals surface area contributed by atoms with E-state index in [9.17, 15) is 9.59 Å². The maximum atomic E-state index is 12.9. The molecule has 0 unspecified atom stereocenters. The molecular formula is C27H33N5O3. The van der Waals surface area contributed by atoms with E-state index < -0.39 is 10.8 Å². The van der Waals surface area contributed by atoms with Gasteiger partial charge in [-0.1, -0.05) is 52.8 Å². The number of nitrogens with zero attached hydrogens (tertiary/aromatic N) is 2. The van der Waals surface area contributed by atoms with E-state index >= 15 is 0 Å². The third-order valence-corrected chi connectivity index (χ3v) is 5.92. The van der Waals surface area contributed by atoms with Gasteiger partial charge in [-0.25, -0.2) is 9.97 Å². The third-order valence-electron chi connectivity index (χ3n) is 5.92. The molecule has 2 aromatic carbocycles. The topological polar surface area (TPSA) is 113 Å². The Morgan fingerprint density at radius 3 is 2.46 bits per heavy atom. The first-order valence-electron chi connectivity index (χ1n) is 11.9. The molecule has 0 aliphatic rings. The van der Waals surface area contributed by atoms with E-state index in [1.165, 1.54) is 0 Å². The van der Waals surface area contributed by atoms with Crippen molar-refractivity contribution in [2.24, 2.45) is 10.8 Å². The van der Waals surface area contributed by atoms with Crippen molar-refractivity contribution in [1.29, 1.82) is 0 Å². The summed E-state index contributed by atoms with van der Waals surface area (Å²) in [4.78, 5) is 37.2. The number of benzene rings is 2. The molecule has 0 fully saturated rings. The first-order valence-corrected chi connectivity index (χ1v) is 11.9. The second kappa shape index (κ2) is 9.52. The highest BCUT2D eigenvalue weighted by atomic mass is 16.3. The van der Waals surface area contributed by atoms with Crippen molar-refractivity contribution >= 4 is 33.9 Å². The molecule has 0 radical (unpaired) electrons. The van der Waals surface area contributed by atoms with Crippen molar-refractivity contribution in [3.8, 4) is 0 Å². The Balaban J connectivity index is 1.35. The summed E-state index contributed by atoms with van der Waals surface area (Å²) in [5, 5.41) is 5.91. The molecule has 4 aromatic rings. The van der Waals surface area contributed by atoms with Crippen LogP contribution in [-0.4, -0.2) is 33.3 Å². The molecule has 4 rings (SSSR count). The van der Waals surface area contributed by atoms with E-state index in [4.69, 9.17) is 4.42 Å². The summed E-state index contributed by atoms with van der Waals surface area (Å²) in [6.45, 7) is 10.3. The maximum Gasteiger partial charge on any atom is 0.226 e. The first kappa shape index (κ1) is 24.4. The summed E-state index contributed by atoms with van der Waals surface area (Å²) >= 11 is 0. The predicted molar refractivity (Wildman–Crippen MR) is 136 cm³/mol. The van der Waals surface area contributed by atoms with Gasteiger partial charge in [0.15, 0.2) is 11.5 Å². The maximum absolute atomic E-state index is 12.9. The average molecular weight is 476 g/mol. The van der Waals surface area contributed by atoms with Gasteiger partial charge in [0, 0.05) is 23.8 Å². The summed E-state index contributed by atoms with van der Waals surface area (Å²) in [7, 11) is 0. The molecule has 0 aliphatic carbocycles. The number of H-pyrrole nitrogens is 1. The predicted octanol–water partition coefficient (Wildman–Crippen LogP) is 4.29. The number of oxazole rings is 1. The van der Waals surface area contributed by atoms with Gasteiger partial charge in [0.2, 0.25) is 11.8 Å². The smallest absolute Gasteiger partial charge is 0.226 e. The van der Waals surface area contributed by atoms with Crippen LogP contribution >= 0.6 is 0 Å². The van der Waals surface area contributed by atoms with Crippen molar-refractivity contribution in [3.63, 3.8) is 0 Å². The van der Waals surface area contributed by atoms with E-state index in [0.29, 0.717) is 37.4 Å². The molecule has 2 aromatic heterocycles. The lowest BCUT2D eigenvalue weighted by molar-refractivity contribution is -0.129. The summed E-state index contributed by atoms with van der Waals surface area (Å²) in [6.07, 6.45) is 1.06. The Hall–Kier alpha value is -3.68. The van der Waals surface area contributed by atoms with Crippen LogP contribution < -0.4 is 10.6 Å². The van der Waals surface area contributed by atoms with Crippen molar-refractivity contribution in [2.75, 3.05) is 6.54 Å². The Labute approximate surface area is 204 Å². The second-order valence-electron chi connectivity index (χ2n) is 10.6. The van der Waals surface area contributed by atoms with Crippen LogP contribution in [-0.2, 0) is 29.0 Å². The van der Waals surface area contributed by atoms with E-state index in [0.717, 1.165) is 27.9 Å². The van der Waals surface area contributed by atoms with Gasteiger partial charge in [0.05, 0.1) is 17.6 Å². The highest BCUT2D eigenvalue weighted by molar-refractivity contribution is 5.83. The number of para-hydroxylation sites is 2. The molecular weight excluding hydrogens is 442 g/mol. The van der Waals surface area contributed by atoms with Crippen molar-refractivity contribution in [3.05, 3.63) is 59.7 Å². The Morgan fingerprint density at radius 1 is 0.943 bits per heavy atom. The number of imidazole rings is 1. The highest BCUT2D eigenvalue weighted by Gasteiger charge is 2.28. The molecule has 8 heteroatoms. The molecule has 35 heavy (non-hydrogen) atoms. The Kier molecular flexibility index (Phi) is 6.65. The number of rotatable bonds is 8. The monoisotopic (exact) mass is 475 g/mol. The Morgan fingerprint density at radius 2 is 1.71 bits per heavy atom. The number of aromatic amines is 1. The molecule has 2 amide bonds. The molecule has 0 atom stereocenters. The fraction of sp³-hybridized carbons (Fsp3) is 0.407. The van der Waals surface area contributed by atoms with Crippen LogP contribution in [0, 0.1) is 10.8 Å². The van der Waals surface area contributed by atoms with Crippen LogP contribution in [0.2, 0.25) is 0 Å². The summed E-state index contributed by atoms with van der Waals surface area (Å²) in [5.74, 6) is 1.25. The largest absolute Gasteiger partial charge is 0.441 e. The SMILES string of the molecule is CC(C)(C)C(=O)NCCc1nc2ccc(CC(C)(C)C(=O)NCc3nc4ccccc4[nH]3)cc2o1. The number of carbonyl (C=O) groups excluding carboxylic acids is 2. The van der Waals surface area contributed by atoms with Gasteiger partial charge < -0.3 is 20.0 Å². The van der Waals surface area contributed by atoms with Gasteiger partial charge >= 0.3 is 0 Å². The molecule has 0 bridgehead atoms. The van der Waals surface area contributed by atoms with Crippen LogP contribution in [0.15, 0.2) is 46.9 Å². The zero-order chi connectivity index (χ0) is 25.2. The van der Waals surface area contributed by atoms with Crippen LogP contribution in [0.3, 0.4) is 0 Å². The van der Waals surface area contributed by atoms with Crippen LogP contribution in [0.1, 0.15) is 51.9 Å². The molecule has 0 aliphatic heterocycles. The molecule has 184 valence electrons. The van der Waals surface area contributed by atoms with Gasteiger partial charge in [0.1, 0.15) is 11.3 Å². The van der Waals surface area contributed by atoms with E-state index in [1.54, 1.807) is 0 Å². The van der Waals surface area contributed by atoms with Crippen LogP contribution in [0.5, 0.6) is 0 Å². The minimum Gasteiger partial charge on any atom is -0.441 e. The fourth-order valence-electron chi connectivity index (χ4n) is 3.86. The number of fused-ring (bicyclic) bond motifs is 2. The molecule has 0 saturated carbocycles. The summed E-state index contributed by atoms with van der Waals surface area (Å²) in [5.41, 5.74) is 3.21. The second-order valence-corrected chi connectivity index (χ2v) is 10.6. The summed E-state index contributed by atoms with van der Waals surface area (Å²) < 4.78 is 5.91. The normalized spacial score (nSPS) is 12.3. The number of amides is 2. The van der Waals surface area contributed by atoms with Crippen molar-refractivity contribution < 1.29 is 14.0 Å². The first-order chi connectivity index (χ1) is 16.5. The van der Waals surface area contributed by atoms with E-state index in [2.05, 4.69) is 25.6 Å². The number of hydrogen-bond acceptors (Lipinski definition) is 5.